The van der Waals surface area contributed by atoms with Gasteiger partial charge in [-0.15, -0.1) is 0 Å². The summed E-state index contributed by atoms with van der Waals surface area (Å²) in [6, 6.07) is -0.750. The van der Waals surface area contributed by atoms with Gasteiger partial charge in [-0.05, 0) is 90.0 Å². The number of amides is 1. The molecule has 2 heterocycles. The van der Waals surface area contributed by atoms with Gasteiger partial charge in [0.05, 0.1) is 30.0 Å². The first-order valence-corrected chi connectivity index (χ1v) is 13.9. The van der Waals surface area contributed by atoms with Crippen LogP contribution in [0.4, 0.5) is 0 Å². The highest BCUT2D eigenvalue weighted by atomic mass is 16.5. The third-order valence-electron chi connectivity index (χ3n) is 6.74. The van der Waals surface area contributed by atoms with Crippen molar-refractivity contribution in [3.63, 3.8) is 0 Å². The van der Waals surface area contributed by atoms with Crippen LogP contribution in [0, 0.1) is 0 Å². The predicted molar refractivity (Wildman–Crippen MR) is 161 cm³/mol. The summed E-state index contributed by atoms with van der Waals surface area (Å²) in [4.78, 5) is 32.7. The first kappa shape index (κ1) is 43.6. The van der Waals surface area contributed by atoms with Crippen LogP contribution in [0.1, 0.15) is 96.9 Å². The molecular weight excluding hydrogens is 534 g/mol. The number of carboxylic acid groups (broad SMARTS) is 1. The molecule has 13 heteroatoms. The Bertz CT molecular complexity index is 782. The Labute approximate surface area is 247 Å². The van der Waals surface area contributed by atoms with Crippen LogP contribution in [0.15, 0.2) is 0 Å². The van der Waals surface area contributed by atoms with Crippen LogP contribution in [0.5, 0.6) is 0 Å². The minimum absolute atomic E-state index is 0.0133. The van der Waals surface area contributed by atoms with Crippen LogP contribution in [0.3, 0.4) is 0 Å². The van der Waals surface area contributed by atoms with Crippen LogP contribution in [0.2, 0.25) is 0 Å². The van der Waals surface area contributed by atoms with Gasteiger partial charge in [-0.1, -0.05) is 0 Å². The zero-order chi connectivity index (χ0) is 33.7. The molecule has 0 spiro atoms. The highest BCUT2D eigenvalue weighted by molar-refractivity contribution is 5.74. The molecule has 0 bridgehead atoms. The summed E-state index contributed by atoms with van der Waals surface area (Å²) in [5.74, 6) is -1.25. The van der Waals surface area contributed by atoms with E-state index >= 15 is 0 Å². The maximum Gasteiger partial charge on any atom is 0.322 e. The zero-order valence-electron chi connectivity index (χ0n) is 28.1. The number of carbonyl (C=O) groups excluding carboxylic acids is 2. The normalized spacial score (nSPS) is 26.1. The number of rotatable bonds is 3. The fourth-order valence-electron chi connectivity index (χ4n) is 3.10. The van der Waals surface area contributed by atoms with Crippen LogP contribution in [-0.4, -0.2) is 99.5 Å². The van der Waals surface area contributed by atoms with Gasteiger partial charge < -0.3 is 46.5 Å². The molecule has 9 N–H and O–H groups in total. The van der Waals surface area contributed by atoms with Gasteiger partial charge in [0, 0.05) is 19.0 Å². The van der Waals surface area contributed by atoms with E-state index in [0.717, 1.165) is 0 Å². The molecule has 0 aromatic rings. The average molecular weight is 596 g/mol. The van der Waals surface area contributed by atoms with Crippen LogP contribution in [0.25, 0.3) is 0 Å². The molecule has 0 aliphatic carbocycles. The molecule has 41 heavy (non-hydrogen) atoms. The number of hydrogen-bond donors (Lipinski definition) is 6. The van der Waals surface area contributed by atoms with Crippen molar-refractivity contribution in [3.8, 4) is 0 Å². The van der Waals surface area contributed by atoms with Crippen molar-refractivity contribution >= 4 is 17.8 Å². The summed E-state index contributed by atoms with van der Waals surface area (Å²) in [6.45, 7) is 26.1. The lowest BCUT2D eigenvalue weighted by molar-refractivity contribution is -0.141. The van der Waals surface area contributed by atoms with Crippen molar-refractivity contribution in [1.82, 2.24) is 10.2 Å². The minimum atomic E-state index is -0.963. The van der Waals surface area contributed by atoms with Crippen molar-refractivity contribution < 1.29 is 38.8 Å². The van der Waals surface area contributed by atoms with E-state index in [4.69, 9.17) is 36.9 Å². The molecular formula is C28H61N5O8. The Morgan fingerprint density at radius 1 is 0.927 bits per heavy atom. The summed E-state index contributed by atoms with van der Waals surface area (Å²) in [5, 5.41) is 20.1. The van der Waals surface area contributed by atoms with Crippen LogP contribution in [-0.2, 0) is 28.6 Å². The molecule has 13 nitrogen and oxygen atoms in total. The summed E-state index contributed by atoms with van der Waals surface area (Å²) in [7, 11) is 1.31. The third kappa shape index (κ3) is 18.3. The van der Waals surface area contributed by atoms with Gasteiger partial charge in [-0.3, -0.25) is 19.7 Å². The van der Waals surface area contributed by atoms with E-state index in [1.54, 1.807) is 39.5 Å². The van der Waals surface area contributed by atoms with Gasteiger partial charge in [0.15, 0.2) is 0 Å². The SMILES string of the molecule is CC(=O)N1C(C)OC(C)(C)[C@@H]1C.CC1N[C@@H](C)C(C)(C)O1.COC(=O)[C@H](C)N.C[C@H](N)C(=O)O.C[C@H](N)C(C)(C)O. The number of aliphatic carboxylic acids is 1. The Morgan fingerprint density at radius 3 is 1.39 bits per heavy atom. The number of hydrogen-bond acceptors (Lipinski definition) is 11. The van der Waals surface area contributed by atoms with Crippen molar-refractivity contribution in [2.45, 2.75) is 156 Å². The number of nitrogens with two attached hydrogens (primary N) is 3. The maximum absolute atomic E-state index is 11.2. The third-order valence-corrected chi connectivity index (χ3v) is 6.74. The number of aliphatic hydroxyl groups is 1. The lowest BCUT2D eigenvalue weighted by atomic mass is 10.0. The topological polar surface area (TPSA) is 213 Å². The van der Waals surface area contributed by atoms with E-state index in [1.165, 1.54) is 14.0 Å². The number of methoxy groups -OCH3 is 1. The molecule has 0 aromatic carbocycles. The number of esters is 1. The minimum Gasteiger partial charge on any atom is -0.480 e. The molecule has 0 saturated carbocycles. The Hall–Kier alpha value is -1.87. The molecule has 7 atom stereocenters. The Balaban J connectivity index is -0.000000453. The van der Waals surface area contributed by atoms with E-state index < -0.39 is 23.7 Å². The second-order valence-electron chi connectivity index (χ2n) is 12.1. The van der Waals surface area contributed by atoms with Gasteiger partial charge in [-0.25, -0.2) is 0 Å². The standard InChI is InChI=1S/C9H17NO2.C7H15NO.C5H13NO.C4H9NO2.C3H7NO2/c1-6-9(4,5)12-8(3)10(6)7(2)11;1-5-7(3,4)9-6(2)8-5;1-4(6)5(2,3)7;1-3(5)4(6)7-2;1-2(4)3(5)6/h6,8H,1-5H3;5-6,8H,1-4H3;4,7H,6H2,1-3H3;3H,5H2,1-2H3;2H,4H2,1H3,(H,5,6)/t6-,8?;5-,6?;4-;3-;2-/m00000/s1. The number of nitrogens with one attached hydrogen (secondary N) is 1. The average Bonchev–Trinajstić information content (AvgIpc) is 3.14. The van der Waals surface area contributed by atoms with E-state index in [0.29, 0.717) is 6.04 Å². The fraction of sp³-hybridized carbons (Fsp3) is 0.893. The molecule has 2 aliphatic heterocycles. The van der Waals surface area contributed by atoms with Gasteiger partial charge in [-0.2, -0.15) is 0 Å². The van der Waals surface area contributed by atoms with Gasteiger partial charge in [0.25, 0.3) is 0 Å². The molecule has 2 unspecified atom stereocenters. The Kier molecular flexibility index (Phi) is 19.8. The van der Waals surface area contributed by atoms with Crippen molar-refractivity contribution in [1.29, 1.82) is 0 Å². The largest absolute Gasteiger partial charge is 0.480 e. The molecule has 0 radical (unpaired) electrons. The van der Waals surface area contributed by atoms with Gasteiger partial charge >= 0.3 is 11.9 Å². The number of nitrogens with zero attached hydrogens (tertiary/aromatic N) is 1. The van der Waals surface area contributed by atoms with Crippen LogP contribution >= 0.6 is 0 Å². The van der Waals surface area contributed by atoms with E-state index in [9.17, 15) is 14.4 Å². The molecule has 246 valence electrons. The van der Waals surface area contributed by atoms with E-state index in [1.807, 2.05) is 34.6 Å². The zero-order valence-corrected chi connectivity index (χ0v) is 28.1. The monoisotopic (exact) mass is 595 g/mol. The molecule has 2 saturated heterocycles. The maximum atomic E-state index is 11.2. The van der Waals surface area contributed by atoms with Crippen molar-refractivity contribution in [2.24, 2.45) is 17.2 Å². The smallest absolute Gasteiger partial charge is 0.322 e. The van der Waals surface area contributed by atoms with E-state index in [-0.39, 0.29) is 47.6 Å². The summed E-state index contributed by atoms with van der Waals surface area (Å²) in [5.41, 5.74) is 14.3. The summed E-state index contributed by atoms with van der Waals surface area (Å²) < 4.78 is 15.4. The van der Waals surface area contributed by atoms with Gasteiger partial charge in [0.1, 0.15) is 24.5 Å². The quantitative estimate of drug-likeness (QED) is 0.256. The fourth-order valence-corrected chi connectivity index (χ4v) is 3.10. The molecule has 2 aliphatic rings. The number of carboxylic acids is 1. The number of carbonyl (C=O) groups is 3. The lowest BCUT2D eigenvalue weighted by Gasteiger charge is -2.26. The highest BCUT2D eigenvalue weighted by Crippen LogP contribution is 2.31. The van der Waals surface area contributed by atoms with E-state index in [2.05, 4.69) is 30.8 Å². The summed E-state index contributed by atoms with van der Waals surface area (Å²) in [6.07, 6.45) is 0.127. The molecule has 2 fully saturated rings. The highest BCUT2D eigenvalue weighted by Gasteiger charge is 2.44. The first-order valence-electron chi connectivity index (χ1n) is 13.9. The second-order valence-corrected chi connectivity index (χ2v) is 12.1. The van der Waals surface area contributed by atoms with Gasteiger partial charge in [0.2, 0.25) is 5.91 Å². The lowest BCUT2D eigenvalue weighted by Crippen LogP contribution is -2.42. The molecule has 2 rings (SSSR count). The predicted octanol–water partition coefficient (Wildman–Crippen LogP) is 1.53. The first-order chi connectivity index (χ1) is 18.1. The van der Waals surface area contributed by atoms with Crippen molar-refractivity contribution in [2.75, 3.05) is 7.11 Å². The Morgan fingerprint density at radius 2 is 1.32 bits per heavy atom. The number of ether oxygens (including phenoxy) is 3. The second kappa shape index (κ2) is 18.6. The molecule has 1 amide bonds. The summed E-state index contributed by atoms with van der Waals surface area (Å²) >= 11 is 0. The molecule has 0 aromatic heterocycles. The van der Waals surface area contributed by atoms with Crippen molar-refractivity contribution in [3.05, 3.63) is 0 Å². The van der Waals surface area contributed by atoms with Crippen LogP contribution < -0.4 is 22.5 Å².